The van der Waals surface area contributed by atoms with Gasteiger partial charge in [0, 0.05) is 31.5 Å². The first-order valence-electron chi connectivity index (χ1n) is 10.1. The van der Waals surface area contributed by atoms with Crippen LogP contribution in [0.25, 0.3) is 0 Å². The lowest BCUT2D eigenvalue weighted by molar-refractivity contribution is 0.102. The largest absolute Gasteiger partial charge is 0.457 e. The molecule has 4 aromatic rings. The fourth-order valence-electron chi connectivity index (χ4n) is 3.00. The number of hydrogen-bond acceptors (Lipinski definition) is 6. The highest BCUT2D eigenvalue weighted by atomic mass is 16.5. The quantitative estimate of drug-likeness (QED) is 0.417. The van der Waals surface area contributed by atoms with E-state index in [1.807, 2.05) is 91.8 Å². The van der Waals surface area contributed by atoms with Gasteiger partial charge >= 0.3 is 0 Å². The summed E-state index contributed by atoms with van der Waals surface area (Å²) in [5.74, 6) is 1.56. The standard InChI is InChI=1S/C25H23N5O2/c1-30(2)20-16-24(29-26-17-20)27-18-12-14-19(15-13-18)28-25(31)22-10-6-7-11-23(22)32-21-8-4-3-5-9-21/h3-17H,1-2H3,(H,27,29)(H,28,31). The summed E-state index contributed by atoms with van der Waals surface area (Å²) in [7, 11) is 3.89. The predicted octanol–water partition coefficient (Wildman–Crippen LogP) is 5.33. The third-order valence-electron chi connectivity index (χ3n) is 4.67. The molecule has 0 atom stereocenters. The maximum atomic E-state index is 12.9. The average Bonchev–Trinajstić information content (AvgIpc) is 2.81. The Balaban J connectivity index is 1.44. The molecule has 0 aliphatic carbocycles. The van der Waals surface area contributed by atoms with Gasteiger partial charge in [0.1, 0.15) is 11.5 Å². The lowest BCUT2D eigenvalue weighted by Gasteiger charge is -2.13. The number of benzene rings is 3. The Morgan fingerprint density at radius 1 is 0.875 bits per heavy atom. The third-order valence-corrected chi connectivity index (χ3v) is 4.67. The van der Waals surface area contributed by atoms with Crippen LogP contribution in [0.4, 0.5) is 22.9 Å². The summed E-state index contributed by atoms with van der Waals surface area (Å²) < 4.78 is 5.89. The van der Waals surface area contributed by atoms with Crippen LogP contribution in [-0.4, -0.2) is 30.2 Å². The van der Waals surface area contributed by atoms with E-state index in [0.29, 0.717) is 28.6 Å². The molecule has 0 unspecified atom stereocenters. The van der Waals surface area contributed by atoms with E-state index in [2.05, 4.69) is 20.8 Å². The number of nitrogens with one attached hydrogen (secondary N) is 2. The number of aromatic nitrogens is 2. The molecule has 2 N–H and O–H groups in total. The second-order valence-electron chi connectivity index (χ2n) is 7.26. The highest BCUT2D eigenvalue weighted by Gasteiger charge is 2.13. The molecule has 1 heterocycles. The Morgan fingerprint density at radius 3 is 2.31 bits per heavy atom. The van der Waals surface area contributed by atoms with Crippen LogP contribution in [0.3, 0.4) is 0 Å². The number of para-hydroxylation sites is 2. The number of anilines is 4. The predicted molar refractivity (Wildman–Crippen MR) is 127 cm³/mol. The van der Waals surface area contributed by atoms with Crippen molar-refractivity contribution in [2.45, 2.75) is 0 Å². The summed E-state index contributed by atoms with van der Waals surface area (Å²) in [5, 5.41) is 14.2. The Bertz CT molecular complexity index is 1190. The molecular weight excluding hydrogens is 402 g/mol. The Morgan fingerprint density at radius 2 is 1.56 bits per heavy atom. The van der Waals surface area contributed by atoms with Crippen LogP contribution in [0, 0.1) is 0 Å². The van der Waals surface area contributed by atoms with Gasteiger partial charge in [-0.3, -0.25) is 4.79 Å². The summed E-state index contributed by atoms with van der Waals surface area (Å²) in [6.07, 6.45) is 1.70. The highest BCUT2D eigenvalue weighted by molar-refractivity contribution is 6.06. The van der Waals surface area contributed by atoms with E-state index in [4.69, 9.17) is 4.74 Å². The molecule has 3 aromatic carbocycles. The molecule has 0 aliphatic heterocycles. The number of hydrogen-bond donors (Lipinski definition) is 2. The molecule has 4 rings (SSSR count). The van der Waals surface area contributed by atoms with Gasteiger partial charge in [-0.1, -0.05) is 30.3 Å². The Hall–Kier alpha value is -4.39. The number of nitrogens with zero attached hydrogens (tertiary/aromatic N) is 3. The van der Waals surface area contributed by atoms with Gasteiger partial charge in [-0.25, -0.2) is 0 Å². The number of carbonyl (C=O) groups is 1. The van der Waals surface area contributed by atoms with Crippen molar-refractivity contribution >= 4 is 28.8 Å². The van der Waals surface area contributed by atoms with Crippen molar-refractivity contribution in [3.63, 3.8) is 0 Å². The number of rotatable bonds is 7. The van der Waals surface area contributed by atoms with E-state index in [1.165, 1.54) is 0 Å². The molecular formula is C25H23N5O2. The highest BCUT2D eigenvalue weighted by Crippen LogP contribution is 2.26. The van der Waals surface area contributed by atoms with E-state index in [-0.39, 0.29) is 5.91 Å². The Labute approximate surface area is 186 Å². The molecule has 7 nitrogen and oxygen atoms in total. The summed E-state index contributed by atoms with van der Waals surface area (Å²) >= 11 is 0. The molecule has 0 saturated heterocycles. The lowest BCUT2D eigenvalue weighted by Crippen LogP contribution is -2.13. The zero-order valence-corrected chi connectivity index (χ0v) is 17.8. The monoisotopic (exact) mass is 425 g/mol. The van der Waals surface area contributed by atoms with Gasteiger partial charge in [0.15, 0.2) is 5.82 Å². The van der Waals surface area contributed by atoms with Crippen molar-refractivity contribution in [3.8, 4) is 11.5 Å². The van der Waals surface area contributed by atoms with Crippen LogP contribution < -0.4 is 20.3 Å². The topological polar surface area (TPSA) is 79.4 Å². The molecule has 0 spiro atoms. The van der Waals surface area contributed by atoms with Crippen molar-refractivity contribution in [1.82, 2.24) is 10.2 Å². The third kappa shape index (κ3) is 5.20. The van der Waals surface area contributed by atoms with E-state index in [0.717, 1.165) is 11.4 Å². The van der Waals surface area contributed by atoms with Crippen LogP contribution in [-0.2, 0) is 0 Å². The summed E-state index contributed by atoms with van der Waals surface area (Å²) in [6.45, 7) is 0. The number of ether oxygens (including phenoxy) is 1. The minimum atomic E-state index is -0.248. The minimum absolute atomic E-state index is 0.248. The first-order chi connectivity index (χ1) is 15.6. The molecule has 0 radical (unpaired) electrons. The molecule has 0 bridgehead atoms. The van der Waals surface area contributed by atoms with Crippen molar-refractivity contribution in [2.24, 2.45) is 0 Å². The zero-order valence-electron chi connectivity index (χ0n) is 17.8. The molecule has 32 heavy (non-hydrogen) atoms. The van der Waals surface area contributed by atoms with E-state index in [9.17, 15) is 4.79 Å². The lowest BCUT2D eigenvalue weighted by atomic mass is 10.1. The smallest absolute Gasteiger partial charge is 0.259 e. The van der Waals surface area contributed by atoms with Crippen molar-refractivity contribution in [3.05, 3.63) is 96.7 Å². The van der Waals surface area contributed by atoms with Gasteiger partial charge in [-0.05, 0) is 48.5 Å². The second-order valence-corrected chi connectivity index (χ2v) is 7.26. The minimum Gasteiger partial charge on any atom is -0.457 e. The van der Waals surface area contributed by atoms with Crippen molar-refractivity contribution < 1.29 is 9.53 Å². The summed E-state index contributed by atoms with van der Waals surface area (Å²) in [4.78, 5) is 14.8. The maximum absolute atomic E-state index is 12.9. The van der Waals surface area contributed by atoms with Crippen LogP contribution in [0.1, 0.15) is 10.4 Å². The first kappa shape index (κ1) is 20.9. The summed E-state index contributed by atoms with van der Waals surface area (Å²) in [6, 6.07) is 25.8. The van der Waals surface area contributed by atoms with Gasteiger partial charge < -0.3 is 20.3 Å². The molecule has 7 heteroatoms. The SMILES string of the molecule is CN(C)c1cnnc(Nc2ccc(NC(=O)c3ccccc3Oc3ccccc3)cc2)c1. The average molecular weight is 425 g/mol. The van der Waals surface area contributed by atoms with Crippen molar-refractivity contribution in [1.29, 1.82) is 0 Å². The van der Waals surface area contributed by atoms with Gasteiger partial charge in [0.2, 0.25) is 0 Å². The molecule has 1 amide bonds. The molecule has 0 saturated carbocycles. The molecule has 0 fully saturated rings. The molecule has 1 aromatic heterocycles. The first-order valence-corrected chi connectivity index (χ1v) is 10.1. The fraction of sp³-hybridized carbons (Fsp3) is 0.0800. The second kappa shape index (κ2) is 9.61. The van der Waals surface area contributed by atoms with Gasteiger partial charge in [-0.2, -0.15) is 5.10 Å². The summed E-state index contributed by atoms with van der Waals surface area (Å²) in [5.41, 5.74) is 2.90. The van der Waals surface area contributed by atoms with Crippen molar-refractivity contribution in [2.75, 3.05) is 29.6 Å². The van der Waals surface area contributed by atoms with Crippen LogP contribution >= 0.6 is 0 Å². The number of carbonyl (C=O) groups excluding carboxylic acids is 1. The molecule has 0 aliphatic rings. The van der Waals surface area contributed by atoms with Crippen LogP contribution in [0.15, 0.2) is 91.1 Å². The number of amides is 1. The van der Waals surface area contributed by atoms with E-state index in [1.54, 1.807) is 18.3 Å². The maximum Gasteiger partial charge on any atom is 0.259 e. The van der Waals surface area contributed by atoms with Crippen LogP contribution in [0.2, 0.25) is 0 Å². The zero-order chi connectivity index (χ0) is 22.3. The fourth-order valence-corrected chi connectivity index (χ4v) is 3.00. The van der Waals surface area contributed by atoms with Gasteiger partial charge in [-0.15, -0.1) is 5.10 Å². The van der Waals surface area contributed by atoms with Gasteiger partial charge in [0.25, 0.3) is 5.91 Å². The van der Waals surface area contributed by atoms with E-state index >= 15 is 0 Å². The molecule has 160 valence electrons. The van der Waals surface area contributed by atoms with Crippen LogP contribution in [0.5, 0.6) is 11.5 Å². The van der Waals surface area contributed by atoms with Gasteiger partial charge in [0.05, 0.1) is 17.4 Å². The normalized spacial score (nSPS) is 10.3. The Kier molecular flexibility index (Phi) is 6.27. The van der Waals surface area contributed by atoms with E-state index < -0.39 is 0 Å².